The number of halogens is 2. The molecule has 6 N–H and O–H groups in total. The first kappa shape index (κ1) is 32.7. The molecule has 0 bridgehead atoms. The van der Waals surface area contributed by atoms with Crippen molar-refractivity contribution in [1.29, 1.82) is 0 Å². The summed E-state index contributed by atoms with van der Waals surface area (Å²) in [6, 6.07) is 11.8. The van der Waals surface area contributed by atoms with Gasteiger partial charge in [-0.1, -0.05) is 35.3 Å². The summed E-state index contributed by atoms with van der Waals surface area (Å²) in [5, 5.41) is 50.9. The van der Waals surface area contributed by atoms with Gasteiger partial charge in [-0.15, -0.1) is 0 Å². The number of hydrogen-bond acceptors (Lipinski definition) is 9. The standard InChI is InChI=1S/C31H39Cl2N3O8/c32-20-14-26(21(33)13-18(20)5-8-27(40)34-15-24(38)28(41)29(42)25(39)16-37)44-17-31(9-10-31)30(43)36-12-11-35(19-6-7-19)22-3-1-2-4-23(22)36/h1-4,13-14,19,24-25,28-29,37-39,41-42H,5-12,15-17H2,(H,34,40)/t24-,25+,28+,29+/m0/s1. The van der Waals surface area contributed by atoms with Gasteiger partial charge >= 0.3 is 0 Å². The van der Waals surface area contributed by atoms with E-state index in [1.54, 1.807) is 12.1 Å². The number of benzene rings is 2. The van der Waals surface area contributed by atoms with Gasteiger partial charge in [-0.25, -0.2) is 0 Å². The molecule has 0 aromatic heterocycles. The number of para-hydroxylation sites is 2. The summed E-state index contributed by atoms with van der Waals surface area (Å²) < 4.78 is 6.07. The van der Waals surface area contributed by atoms with Gasteiger partial charge in [0.15, 0.2) is 0 Å². The molecule has 1 aliphatic heterocycles. The number of aliphatic hydroxyl groups excluding tert-OH is 5. The highest BCUT2D eigenvalue weighted by atomic mass is 35.5. The number of hydrogen-bond donors (Lipinski definition) is 6. The molecule has 0 radical (unpaired) electrons. The van der Waals surface area contributed by atoms with Crippen molar-refractivity contribution in [3.05, 3.63) is 52.0 Å². The number of aliphatic hydroxyl groups is 5. The molecule has 0 unspecified atom stereocenters. The quantitative estimate of drug-likeness (QED) is 0.178. The number of fused-ring (bicyclic) bond motifs is 1. The summed E-state index contributed by atoms with van der Waals surface area (Å²) in [6.45, 7) is 0.449. The van der Waals surface area contributed by atoms with E-state index >= 15 is 0 Å². The van der Waals surface area contributed by atoms with Gasteiger partial charge in [0, 0.05) is 43.2 Å². The minimum atomic E-state index is -1.78. The van der Waals surface area contributed by atoms with Crippen molar-refractivity contribution < 1.29 is 39.9 Å². The molecule has 13 heteroatoms. The molecule has 44 heavy (non-hydrogen) atoms. The van der Waals surface area contributed by atoms with Crippen LogP contribution in [-0.2, 0) is 16.0 Å². The lowest BCUT2D eigenvalue weighted by Crippen LogP contribution is -2.49. The molecule has 2 saturated carbocycles. The van der Waals surface area contributed by atoms with Crippen LogP contribution in [0, 0.1) is 5.41 Å². The molecular formula is C31H39Cl2N3O8. The number of ether oxygens (including phenoxy) is 1. The summed E-state index contributed by atoms with van der Waals surface area (Å²) >= 11 is 13.0. The van der Waals surface area contributed by atoms with E-state index in [1.807, 2.05) is 23.1 Å². The Balaban J connectivity index is 1.13. The monoisotopic (exact) mass is 651 g/mol. The van der Waals surface area contributed by atoms with E-state index in [0.29, 0.717) is 33.9 Å². The SMILES string of the molecule is O=C(CCc1cc(Cl)c(OCC2(C(=O)N3CCN(C4CC4)c4ccccc43)CC2)cc1Cl)NC[C@H](O)[C@@H](O)[C@H](O)[C@H](O)CO. The van der Waals surface area contributed by atoms with Crippen LogP contribution in [0.2, 0.25) is 10.0 Å². The zero-order chi connectivity index (χ0) is 31.6. The van der Waals surface area contributed by atoms with Crippen molar-refractivity contribution in [2.24, 2.45) is 5.41 Å². The van der Waals surface area contributed by atoms with Crippen LogP contribution >= 0.6 is 23.2 Å². The second kappa shape index (κ2) is 13.8. The van der Waals surface area contributed by atoms with E-state index < -0.39 is 42.3 Å². The Morgan fingerprint density at radius 1 is 0.977 bits per heavy atom. The Morgan fingerprint density at radius 3 is 2.32 bits per heavy atom. The lowest BCUT2D eigenvalue weighted by Gasteiger charge is -2.39. The number of nitrogens with zero attached hydrogens (tertiary/aromatic N) is 2. The Hall–Kier alpha value is -2.64. The predicted octanol–water partition coefficient (Wildman–Crippen LogP) is 1.65. The molecule has 0 saturated heterocycles. The molecule has 1 heterocycles. The summed E-state index contributed by atoms with van der Waals surface area (Å²) in [6.07, 6.45) is -2.69. The molecule has 11 nitrogen and oxygen atoms in total. The van der Waals surface area contributed by atoms with Crippen molar-refractivity contribution in [1.82, 2.24) is 5.32 Å². The smallest absolute Gasteiger partial charge is 0.236 e. The third-order valence-electron chi connectivity index (χ3n) is 8.65. The van der Waals surface area contributed by atoms with Gasteiger partial charge in [0.1, 0.15) is 30.7 Å². The number of rotatable bonds is 14. The topological polar surface area (TPSA) is 163 Å². The highest BCUT2D eigenvalue weighted by Gasteiger charge is 2.54. The highest BCUT2D eigenvalue weighted by molar-refractivity contribution is 6.34. The van der Waals surface area contributed by atoms with Crippen LogP contribution in [0.3, 0.4) is 0 Å². The molecule has 3 aliphatic rings. The first-order valence-electron chi connectivity index (χ1n) is 14.9. The number of aryl methyl sites for hydroxylation is 1. The van der Waals surface area contributed by atoms with Crippen LogP contribution in [0.25, 0.3) is 0 Å². The van der Waals surface area contributed by atoms with Crippen LogP contribution in [-0.4, -0.2) is 101 Å². The number of carbonyl (C=O) groups excluding carboxylic acids is 2. The van der Waals surface area contributed by atoms with Gasteiger partial charge < -0.3 is 45.4 Å². The lowest BCUT2D eigenvalue weighted by atomic mass is 10.0. The molecule has 2 fully saturated rings. The van der Waals surface area contributed by atoms with Crippen molar-refractivity contribution >= 4 is 46.4 Å². The van der Waals surface area contributed by atoms with Crippen molar-refractivity contribution in [3.8, 4) is 5.75 Å². The van der Waals surface area contributed by atoms with Gasteiger partial charge in [0.05, 0.1) is 34.5 Å². The maximum absolute atomic E-state index is 13.8. The van der Waals surface area contributed by atoms with E-state index in [9.17, 15) is 30.0 Å². The first-order chi connectivity index (χ1) is 21.0. The van der Waals surface area contributed by atoms with Crippen LogP contribution < -0.4 is 19.9 Å². The molecule has 2 aromatic carbocycles. The minimum Gasteiger partial charge on any atom is -0.491 e. The first-order valence-corrected chi connectivity index (χ1v) is 15.7. The van der Waals surface area contributed by atoms with Gasteiger partial charge in [0.2, 0.25) is 11.8 Å². The number of nitrogens with one attached hydrogen (secondary N) is 1. The Kier molecular flexibility index (Phi) is 10.3. The molecule has 0 spiro atoms. The largest absolute Gasteiger partial charge is 0.491 e. The third kappa shape index (κ3) is 7.25. The zero-order valence-electron chi connectivity index (χ0n) is 24.2. The van der Waals surface area contributed by atoms with Gasteiger partial charge in [-0.3, -0.25) is 9.59 Å². The van der Waals surface area contributed by atoms with E-state index in [-0.39, 0.29) is 31.9 Å². The molecule has 2 aromatic rings. The fraction of sp³-hybridized carbons (Fsp3) is 0.548. The third-order valence-corrected chi connectivity index (χ3v) is 9.29. The fourth-order valence-electron chi connectivity index (χ4n) is 5.54. The average Bonchev–Trinajstić information content (AvgIpc) is 3.97. The van der Waals surface area contributed by atoms with Crippen molar-refractivity contribution in [3.63, 3.8) is 0 Å². The van der Waals surface area contributed by atoms with E-state index in [2.05, 4.69) is 16.3 Å². The van der Waals surface area contributed by atoms with Crippen LogP contribution in [0.1, 0.15) is 37.7 Å². The summed E-state index contributed by atoms with van der Waals surface area (Å²) in [4.78, 5) is 30.4. The van der Waals surface area contributed by atoms with E-state index in [4.69, 9.17) is 33.0 Å². The van der Waals surface area contributed by atoms with Crippen LogP contribution in [0.5, 0.6) is 5.75 Å². The maximum atomic E-state index is 13.8. The van der Waals surface area contributed by atoms with Crippen LogP contribution in [0.15, 0.2) is 36.4 Å². The highest BCUT2D eigenvalue weighted by Crippen LogP contribution is 2.50. The molecule has 2 amide bonds. The second-order valence-electron chi connectivity index (χ2n) is 11.9. The predicted molar refractivity (Wildman–Crippen MR) is 165 cm³/mol. The fourth-order valence-corrected chi connectivity index (χ4v) is 6.03. The van der Waals surface area contributed by atoms with Gasteiger partial charge in [-0.2, -0.15) is 0 Å². The number of carbonyl (C=O) groups is 2. The molecule has 2 aliphatic carbocycles. The van der Waals surface area contributed by atoms with Crippen molar-refractivity contribution in [2.75, 3.05) is 42.6 Å². The van der Waals surface area contributed by atoms with Gasteiger partial charge in [-0.05, 0) is 55.9 Å². The van der Waals surface area contributed by atoms with Gasteiger partial charge in [0.25, 0.3) is 0 Å². The van der Waals surface area contributed by atoms with Crippen LogP contribution in [0.4, 0.5) is 11.4 Å². The molecule has 5 rings (SSSR count). The summed E-state index contributed by atoms with van der Waals surface area (Å²) in [7, 11) is 0. The number of amides is 2. The Labute approximate surface area is 265 Å². The second-order valence-corrected chi connectivity index (χ2v) is 12.7. The summed E-state index contributed by atoms with van der Waals surface area (Å²) in [5.74, 6) is -0.0414. The normalized spacial score (nSPS) is 19.9. The zero-order valence-corrected chi connectivity index (χ0v) is 25.8. The average molecular weight is 653 g/mol. The minimum absolute atomic E-state index is 0.00597. The van der Waals surface area contributed by atoms with E-state index in [1.165, 1.54) is 12.8 Å². The Morgan fingerprint density at radius 2 is 1.66 bits per heavy atom. The van der Waals surface area contributed by atoms with E-state index in [0.717, 1.165) is 30.8 Å². The number of anilines is 2. The molecule has 240 valence electrons. The lowest BCUT2D eigenvalue weighted by molar-refractivity contribution is -0.126. The summed E-state index contributed by atoms with van der Waals surface area (Å²) in [5.41, 5.74) is 2.03. The van der Waals surface area contributed by atoms with Crippen molar-refractivity contribution in [2.45, 2.75) is 69.0 Å². The maximum Gasteiger partial charge on any atom is 0.236 e. The molecular weight excluding hydrogens is 613 g/mol. The molecule has 4 atom stereocenters. The Bertz CT molecular complexity index is 1360.